The highest BCUT2D eigenvalue weighted by Gasteiger charge is 2.27. The quantitative estimate of drug-likeness (QED) is 0.918. The van der Waals surface area contributed by atoms with Crippen molar-refractivity contribution in [3.63, 3.8) is 0 Å². The maximum Gasteiger partial charge on any atom is 0.225 e. The Balaban J connectivity index is 1.72. The van der Waals surface area contributed by atoms with Gasteiger partial charge >= 0.3 is 0 Å². The normalized spacial score (nSPS) is 19.9. The molecule has 18 heavy (non-hydrogen) atoms. The van der Waals surface area contributed by atoms with E-state index >= 15 is 0 Å². The van der Waals surface area contributed by atoms with Gasteiger partial charge < -0.3 is 10.0 Å². The first-order valence-corrected chi connectivity index (χ1v) is 7.03. The van der Waals surface area contributed by atoms with Gasteiger partial charge in [0.15, 0.2) is 0 Å². The zero-order chi connectivity index (χ0) is 12.5. The number of benzene rings is 1. The molecule has 1 fully saturated rings. The Morgan fingerprint density at radius 1 is 1.39 bits per heavy atom. The second kappa shape index (κ2) is 4.71. The summed E-state index contributed by atoms with van der Waals surface area (Å²) in [4.78, 5) is 13.3. The number of hydrogen-bond acceptors (Lipinski definition) is 3. The van der Waals surface area contributed by atoms with E-state index in [4.69, 9.17) is 0 Å². The summed E-state index contributed by atoms with van der Waals surface area (Å²) in [6.07, 6.45) is 0.670. The van der Waals surface area contributed by atoms with E-state index in [0.29, 0.717) is 13.1 Å². The van der Waals surface area contributed by atoms with Gasteiger partial charge in [0.1, 0.15) is 0 Å². The van der Waals surface area contributed by atoms with Gasteiger partial charge in [-0.15, -0.1) is 11.3 Å². The summed E-state index contributed by atoms with van der Waals surface area (Å²) in [7, 11) is 0. The number of hydrogen-bond donors (Lipinski definition) is 1. The zero-order valence-corrected chi connectivity index (χ0v) is 10.8. The summed E-state index contributed by atoms with van der Waals surface area (Å²) in [6.45, 7) is 1.19. The molecule has 1 aliphatic heterocycles. The van der Waals surface area contributed by atoms with Crippen molar-refractivity contribution < 1.29 is 9.90 Å². The summed E-state index contributed by atoms with van der Waals surface area (Å²) < 4.78 is 1.29. The minimum atomic E-state index is -0.475. The van der Waals surface area contributed by atoms with Crippen LogP contribution in [0.2, 0.25) is 0 Å². The fourth-order valence-electron chi connectivity index (χ4n) is 2.45. The largest absolute Gasteiger partial charge is 0.391 e. The molecule has 3 nitrogen and oxygen atoms in total. The molecule has 4 heteroatoms. The minimum absolute atomic E-state index is 0.0713. The third-order valence-corrected chi connectivity index (χ3v) is 4.42. The van der Waals surface area contributed by atoms with Gasteiger partial charge in [-0.2, -0.15) is 0 Å². The second-order valence-electron chi connectivity index (χ2n) is 4.70. The van der Waals surface area contributed by atoms with Gasteiger partial charge in [-0.3, -0.25) is 4.79 Å². The summed E-state index contributed by atoms with van der Waals surface area (Å²) in [5.41, 5.74) is 1.30. The summed E-state index contributed by atoms with van der Waals surface area (Å²) in [6, 6.07) is 8.34. The monoisotopic (exact) mass is 261 g/mol. The number of rotatable bonds is 3. The van der Waals surface area contributed by atoms with Crippen molar-refractivity contribution in [3.8, 4) is 0 Å². The van der Waals surface area contributed by atoms with E-state index in [2.05, 4.69) is 17.5 Å². The molecule has 1 saturated heterocycles. The number of likely N-dealkylation sites (tertiary alicyclic amines) is 1. The Kier molecular flexibility index (Phi) is 3.06. The fourth-order valence-corrected chi connectivity index (χ4v) is 3.45. The molecular weight excluding hydrogens is 246 g/mol. The highest BCUT2D eigenvalue weighted by molar-refractivity contribution is 7.17. The van der Waals surface area contributed by atoms with E-state index in [-0.39, 0.29) is 12.3 Å². The number of β-amino-alcohol motifs (C(OH)–C–C–N with tert-alkyl or cyclic N) is 1. The van der Waals surface area contributed by atoms with Gasteiger partial charge in [-0.25, -0.2) is 0 Å². The maximum atomic E-state index is 11.6. The van der Waals surface area contributed by atoms with Gasteiger partial charge in [0, 0.05) is 17.8 Å². The van der Waals surface area contributed by atoms with Gasteiger partial charge in [-0.1, -0.05) is 18.2 Å². The lowest BCUT2D eigenvalue weighted by Gasteiger charge is -2.15. The molecule has 1 N–H and O–H groups in total. The molecule has 0 saturated carbocycles. The number of aliphatic hydroxyl groups is 1. The van der Waals surface area contributed by atoms with Crippen LogP contribution in [-0.4, -0.2) is 35.1 Å². The topological polar surface area (TPSA) is 40.5 Å². The van der Waals surface area contributed by atoms with Crippen LogP contribution in [0.1, 0.15) is 12.0 Å². The standard InChI is InChI=1S/C14H15NO2S/c16-11-7-14(17)15(8-11)6-5-10-9-18-13-4-2-1-3-12(10)13/h1-4,9,11,16H,5-8H2. The van der Waals surface area contributed by atoms with Gasteiger partial charge in [0.25, 0.3) is 0 Å². The van der Waals surface area contributed by atoms with Crippen molar-refractivity contribution in [2.75, 3.05) is 13.1 Å². The number of nitrogens with zero attached hydrogens (tertiary/aromatic N) is 1. The van der Waals surface area contributed by atoms with E-state index in [9.17, 15) is 9.90 Å². The molecule has 1 aromatic heterocycles. The van der Waals surface area contributed by atoms with Crippen molar-refractivity contribution in [1.82, 2.24) is 4.90 Å². The third kappa shape index (κ3) is 2.13. The Hall–Kier alpha value is -1.39. The minimum Gasteiger partial charge on any atom is -0.391 e. The van der Waals surface area contributed by atoms with E-state index in [1.807, 2.05) is 12.1 Å². The Morgan fingerprint density at radius 2 is 2.22 bits per heavy atom. The van der Waals surface area contributed by atoms with E-state index in [1.165, 1.54) is 15.6 Å². The summed E-state index contributed by atoms with van der Waals surface area (Å²) in [5, 5.41) is 12.9. The Morgan fingerprint density at radius 3 is 3.00 bits per heavy atom. The smallest absolute Gasteiger partial charge is 0.225 e. The Bertz CT molecular complexity index is 578. The van der Waals surface area contributed by atoms with Crippen LogP contribution in [-0.2, 0) is 11.2 Å². The van der Waals surface area contributed by atoms with Gasteiger partial charge in [0.2, 0.25) is 5.91 Å². The Labute approximate surface area is 110 Å². The predicted octanol–water partition coefficient (Wildman–Crippen LogP) is 2.04. The molecule has 1 unspecified atom stereocenters. The molecule has 2 aromatic rings. The molecule has 1 atom stereocenters. The number of amides is 1. The van der Waals surface area contributed by atoms with Gasteiger partial charge in [0.05, 0.1) is 12.5 Å². The fraction of sp³-hybridized carbons (Fsp3) is 0.357. The second-order valence-corrected chi connectivity index (χ2v) is 5.62. The average molecular weight is 261 g/mol. The van der Waals surface area contributed by atoms with Crippen molar-refractivity contribution in [2.24, 2.45) is 0 Å². The van der Waals surface area contributed by atoms with E-state index < -0.39 is 6.10 Å². The molecule has 94 valence electrons. The molecule has 0 bridgehead atoms. The molecule has 0 spiro atoms. The number of thiophene rings is 1. The molecule has 1 amide bonds. The molecule has 1 aromatic carbocycles. The number of aliphatic hydroxyl groups excluding tert-OH is 1. The predicted molar refractivity (Wildman–Crippen MR) is 72.7 cm³/mol. The van der Waals surface area contributed by atoms with Crippen LogP contribution in [0, 0.1) is 0 Å². The van der Waals surface area contributed by atoms with Crippen LogP contribution in [0.4, 0.5) is 0 Å². The number of carbonyl (C=O) groups is 1. The van der Waals surface area contributed by atoms with Crippen LogP contribution in [0.3, 0.4) is 0 Å². The molecule has 2 heterocycles. The molecular formula is C14H15NO2S. The zero-order valence-electron chi connectivity index (χ0n) is 10.0. The van der Waals surface area contributed by atoms with Crippen LogP contribution in [0.5, 0.6) is 0 Å². The van der Waals surface area contributed by atoms with Crippen molar-refractivity contribution in [1.29, 1.82) is 0 Å². The maximum absolute atomic E-state index is 11.6. The van der Waals surface area contributed by atoms with E-state index in [0.717, 1.165) is 6.42 Å². The number of fused-ring (bicyclic) bond motifs is 1. The highest BCUT2D eigenvalue weighted by atomic mass is 32.1. The molecule has 0 radical (unpaired) electrons. The van der Waals surface area contributed by atoms with Crippen LogP contribution in [0.15, 0.2) is 29.6 Å². The van der Waals surface area contributed by atoms with Crippen LogP contribution in [0.25, 0.3) is 10.1 Å². The molecule has 1 aliphatic rings. The van der Waals surface area contributed by atoms with Crippen molar-refractivity contribution in [3.05, 3.63) is 35.2 Å². The number of carbonyl (C=O) groups excluding carboxylic acids is 1. The average Bonchev–Trinajstić information content (AvgIpc) is 2.90. The lowest BCUT2D eigenvalue weighted by molar-refractivity contribution is -0.127. The first-order valence-electron chi connectivity index (χ1n) is 6.15. The van der Waals surface area contributed by atoms with Crippen molar-refractivity contribution >= 4 is 27.3 Å². The lowest BCUT2D eigenvalue weighted by atomic mass is 10.1. The van der Waals surface area contributed by atoms with Crippen LogP contribution >= 0.6 is 11.3 Å². The van der Waals surface area contributed by atoms with Crippen molar-refractivity contribution in [2.45, 2.75) is 18.9 Å². The summed E-state index contributed by atoms with van der Waals surface area (Å²) in [5.74, 6) is 0.0713. The van der Waals surface area contributed by atoms with Gasteiger partial charge in [-0.05, 0) is 28.8 Å². The first-order chi connectivity index (χ1) is 8.74. The van der Waals surface area contributed by atoms with Crippen LogP contribution < -0.4 is 0 Å². The highest BCUT2D eigenvalue weighted by Crippen LogP contribution is 2.26. The first kappa shape index (κ1) is 11.7. The lowest BCUT2D eigenvalue weighted by Crippen LogP contribution is -2.28. The molecule has 0 aliphatic carbocycles. The summed E-state index contributed by atoms with van der Waals surface area (Å²) >= 11 is 1.74. The molecule has 3 rings (SSSR count). The third-order valence-electron chi connectivity index (χ3n) is 3.41. The SMILES string of the molecule is O=C1CC(O)CN1CCc1csc2ccccc12. The van der Waals surface area contributed by atoms with E-state index in [1.54, 1.807) is 16.2 Å².